The number of benzene rings is 1. The molecule has 8 heteroatoms. The van der Waals surface area contributed by atoms with Gasteiger partial charge in [-0.25, -0.2) is 8.78 Å². The van der Waals surface area contributed by atoms with Crippen LogP contribution in [0.15, 0.2) is 16.6 Å². The van der Waals surface area contributed by atoms with Crippen LogP contribution in [-0.2, 0) is 0 Å². The van der Waals surface area contributed by atoms with Gasteiger partial charge >= 0.3 is 12.3 Å². The first kappa shape index (κ1) is 18.5. The van der Waals surface area contributed by atoms with Gasteiger partial charge < -0.3 is 10.1 Å². The van der Waals surface area contributed by atoms with Crippen LogP contribution in [0, 0.1) is 0 Å². The van der Waals surface area contributed by atoms with Crippen LogP contribution in [-0.4, -0.2) is 26.0 Å². The number of ether oxygens (including phenoxy) is 1. The van der Waals surface area contributed by atoms with Crippen molar-refractivity contribution >= 4 is 27.5 Å². The zero-order valence-corrected chi connectivity index (χ0v) is 13.7. The minimum atomic E-state index is -4.26. The van der Waals surface area contributed by atoms with E-state index in [0.717, 1.165) is 0 Å². The Morgan fingerprint density at radius 2 is 2.00 bits per heavy atom. The number of halogens is 6. The number of nitrogens with one attached hydrogen (secondary N) is 1. The summed E-state index contributed by atoms with van der Waals surface area (Å²) in [6, 6.07) is 0.748. The van der Waals surface area contributed by atoms with E-state index >= 15 is 0 Å². The van der Waals surface area contributed by atoms with E-state index < -0.39 is 18.4 Å². The molecule has 0 aliphatic carbocycles. The second-order valence-corrected chi connectivity index (χ2v) is 5.66. The van der Waals surface area contributed by atoms with Gasteiger partial charge in [0.05, 0.1) is 11.6 Å². The summed E-state index contributed by atoms with van der Waals surface area (Å²) >= 11 is 8.97. The van der Waals surface area contributed by atoms with Crippen molar-refractivity contribution in [2.45, 2.75) is 31.7 Å². The van der Waals surface area contributed by atoms with Gasteiger partial charge in [0.1, 0.15) is 11.8 Å². The predicted molar refractivity (Wildman–Crippen MR) is 77.7 cm³/mol. The van der Waals surface area contributed by atoms with Gasteiger partial charge in [0.15, 0.2) is 0 Å². The summed E-state index contributed by atoms with van der Waals surface area (Å²) in [5.41, 5.74) is -0.115. The molecule has 1 aromatic carbocycles. The molecule has 0 bridgehead atoms. The van der Waals surface area contributed by atoms with E-state index in [0.29, 0.717) is 10.9 Å². The van der Waals surface area contributed by atoms with Crippen molar-refractivity contribution in [2.75, 3.05) is 13.7 Å². The number of hydrogen-bond donors (Lipinski definition) is 1. The van der Waals surface area contributed by atoms with Crippen LogP contribution in [0.25, 0.3) is 0 Å². The van der Waals surface area contributed by atoms with Crippen LogP contribution < -0.4 is 10.1 Å². The Morgan fingerprint density at radius 3 is 2.48 bits per heavy atom. The van der Waals surface area contributed by atoms with Crippen LogP contribution in [0.5, 0.6) is 5.75 Å². The Balaban J connectivity index is 3.38. The molecule has 0 fully saturated rings. The smallest absolute Gasteiger partial charge is 0.326 e. The molecule has 0 aliphatic rings. The molecule has 1 rings (SSSR count). The Morgan fingerprint density at radius 1 is 1.38 bits per heavy atom. The third-order valence-corrected chi connectivity index (χ3v) is 3.63. The minimum absolute atomic E-state index is 0.0494. The monoisotopic (exact) mass is 391 g/mol. The van der Waals surface area contributed by atoms with Gasteiger partial charge in [-0.3, -0.25) is 0 Å². The van der Waals surface area contributed by atoms with Crippen LogP contribution in [0.3, 0.4) is 0 Å². The Hall–Kier alpha value is -0.530. The average molecular weight is 393 g/mol. The SMILES string of the molecule is CCCNC(c1cc(Cl)cc(Br)c1OC)C(F)(F)C(F)F. The maximum atomic E-state index is 13.9. The van der Waals surface area contributed by atoms with Gasteiger partial charge in [-0.2, -0.15) is 8.78 Å². The van der Waals surface area contributed by atoms with Gasteiger partial charge in [0.25, 0.3) is 0 Å². The van der Waals surface area contributed by atoms with Gasteiger partial charge in [-0.15, -0.1) is 0 Å². The van der Waals surface area contributed by atoms with Crippen LogP contribution >= 0.6 is 27.5 Å². The molecular weight excluding hydrogens is 377 g/mol. The van der Waals surface area contributed by atoms with Crippen molar-refractivity contribution in [1.82, 2.24) is 5.32 Å². The molecule has 1 N–H and O–H groups in total. The van der Waals surface area contributed by atoms with E-state index in [1.54, 1.807) is 6.92 Å². The second-order valence-electron chi connectivity index (χ2n) is 4.37. The molecule has 1 aromatic rings. The fourth-order valence-corrected chi connectivity index (χ4v) is 2.87. The van der Waals surface area contributed by atoms with Gasteiger partial charge in [-0.1, -0.05) is 18.5 Å². The van der Waals surface area contributed by atoms with Crippen LogP contribution in [0.2, 0.25) is 5.02 Å². The fourth-order valence-electron chi connectivity index (χ4n) is 1.88. The highest BCUT2D eigenvalue weighted by atomic mass is 79.9. The normalized spacial score (nSPS) is 13.6. The predicted octanol–water partition coefficient (Wildman–Crippen LogP) is 5.05. The highest BCUT2D eigenvalue weighted by Crippen LogP contribution is 2.43. The van der Waals surface area contributed by atoms with E-state index in [4.69, 9.17) is 16.3 Å². The summed E-state index contributed by atoms with van der Waals surface area (Å²) in [6.45, 7) is 1.90. The lowest BCUT2D eigenvalue weighted by Crippen LogP contribution is -2.43. The average Bonchev–Trinajstić information content (AvgIpc) is 2.38. The van der Waals surface area contributed by atoms with Gasteiger partial charge in [-0.05, 0) is 41.0 Å². The molecule has 1 atom stereocenters. The lowest BCUT2D eigenvalue weighted by Gasteiger charge is -2.29. The molecular formula is C13H15BrClF4NO. The largest absolute Gasteiger partial charge is 0.495 e. The summed E-state index contributed by atoms with van der Waals surface area (Å²) in [5, 5.41) is 2.59. The Bertz CT molecular complexity index is 487. The lowest BCUT2D eigenvalue weighted by atomic mass is 9.99. The number of rotatable bonds is 7. The topological polar surface area (TPSA) is 21.3 Å². The van der Waals surface area contributed by atoms with E-state index in [9.17, 15) is 17.6 Å². The maximum absolute atomic E-state index is 13.9. The highest BCUT2D eigenvalue weighted by Gasteiger charge is 2.50. The van der Waals surface area contributed by atoms with Gasteiger partial charge in [0, 0.05) is 10.6 Å². The van der Waals surface area contributed by atoms with E-state index in [1.165, 1.54) is 19.2 Å². The summed E-state index contributed by atoms with van der Waals surface area (Å²) < 4.78 is 58.6. The molecule has 0 spiro atoms. The molecule has 0 amide bonds. The fraction of sp³-hybridized carbons (Fsp3) is 0.538. The number of hydrogen-bond acceptors (Lipinski definition) is 2. The van der Waals surface area contributed by atoms with Crippen LogP contribution in [0.1, 0.15) is 24.9 Å². The molecule has 0 aliphatic heterocycles. The zero-order chi connectivity index (χ0) is 16.2. The van der Waals surface area contributed by atoms with Crippen molar-refractivity contribution in [1.29, 1.82) is 0 Å². The second kappa shape index (κ2) is 7.65. The quantitative estimate of drug-likeness (QED) is 0.656. The van der Waals surface area contributed by atoms with Crippen LogP contribution in [0.4, 0.5) is 17.6 Å². The third kappa shape index (κ3) is 4.23. The highest BCUT2D eigenvalue weighted by molar-refractivity contribution is 9.10. The summed E-state index contributed by atoms with van der Waals surface area (Å²) in [5.74, 6) is -4.21. The lowest BCUT2D eigenvalue weighted by molar-refractivity contribution is -0.151. The third-order valence-electron chi connectivity index (χ3n) is 2.83. The molecule has 0 saturated carbocycles. The molecule has 2 nitrogen and oxygen atoms in total. The standard InChI is InChI=1S/C13H15BrClF4NO/c1-3-4-20-11(13(18,19)12(16)17)8-5-7(15)6-9(14)10(8)21-2/h5-6,11-12,20H,3-4H2,1-2H3. The van der Waals surface area contributed by atoms with E-state index in [1.807, 2.05) is 0 Å². The first-order valence-electron chi connectivity index (χ1n) is 6.17. The molecule has 0 saturated heterocycles. The van der Waals surface area contributed by atoms with Crippen molar-refractivity contribution < 1.29 is 22.3 Å². The van der Waals surface area contributed by atoms with E-state index in [-0.39, 0.29) is 22.9 Å². The molecule has 21 heavy (non-hydrogen) atoms. The number of alkyl halides is 4. The Labute approximate surface area is 133 Å². The van der Waals surface area contributed by atoms with Crippen molar-refractivity contribution in [2.24, 2.45) is 0 Å². The molecule has 120 valence electrons. The summed E-state index contributed by atoms with van der Waals surface area (Å²) in [7, 11) is 1.27. The van der Waals surface area contributed by atoms with Gasteiger partial charge in [0.2, 0.25) is 0 Å². The van der Waals surface area contributed by atoms with Crippen molar-refractivity contribution in [3.8, 4) is 5.75 Å². The summed E-state index contributed by atoms with van der Waals surface area (Å²) in [4.78, 5) is 0. The molecule has 0 aromatic heterocycles. The first-order chi connectivity index (χ1) is 9.75. The zero-order valence-electron chi connectivity index (χ0n) is 11.4. The van der Waals surface area contributed by atoms with E-state index in [2.05, 4.69) is 21.2 Å². The maximum Gasteiger partial charge on any atom is 0.326 e. The summed E-state index contributed by atoms with van der Waals surface area (Å²) in [6.07, 6.45) is -3.30. The van der Waals surface area contributed by atoms with Crippen molar-refractivity contribution in [3.63, 3.8) is 0 Å². The molecule has 0 radical (unpaired) electrons. The molecule has 1 unspecified atom stereocenters. The molecule has 0 heterocycles. The van der Waals surface area contributed by atoms with Crippen molar-refractivity contribution in [3.05, 3.63) is 27.2 Å². The Kier molecular flexibility index (Phi) is 6.74. The first-order valence-corrected chi connectivity index (χ1v) is 7.35. The minimum Gasteiger partial charge on any atom is -0.495 e. The number of methoxy groups -OCH3 is 1.